The van der Waals surface area contributed by atoms with Gasteiger partial charge in [0.15, 0.2) is 0 Å². The third-order valence-corrected chi connectivity index (χ3v) is 4.44. The van der Waals surface area contributed by atoms with E-state index >= 15 is 0 Å². The fourth-order valence-electron chi connectivity index (χ4n) is 3.58. The van der Waals surface area contributed by atoms with Crippen LogP contribution in [-0.4, -0.2) is 12.6 Å². The molecule has 3 rings (SSSR count). The van der Waals surface area contributed by atoms with Crippen molar-refractivity contribution >= 4 is 0 Å². The van der Waals surface area contributed by atoms with Crippen molar-refractivity contribution in [2.75, 3.05) is 6.54 Å². The van der Waals surface area contributed by atoms with Crippen LogP contribution in [0.4, 0.5) is 0 Å². The summed E-state index contributed by atoms with van der Waals surface area (Å²) in [4.78, 5) is 0. The summed E-state index contributed by atoms with van der Waals surface area (Å²) in [6.07, 6.45) is 13.6. The maximum atomic E-state index is 3.77. The monoisotopic (exact) mass is 191 g/mol. The predicted octanol–water partition coefficient (Wildman–Crippen LogP) is 2.73. The van der Waals surface area contributed by atoms with Gasteiger partial charge in [-0.15, -0.1) is 0 Å². The van der Waals surface area contributed by atoms with E-state index in [1.807, 2.05) is 0 Å². The molecule has 0 unspecified atom stereocenters. The Kier molecular flexibility index (Phi) is 2.36. The van der Waals surface area contributed by atoms with Gasteiger partial charge in [0.05, 0.1) is 0 Å². The van der Waals surface area contributed by atoms with Crippen molar-refractivity contribution in [3.05, 3.63) is 12.2 Å². The Bertz CT molecular complexity index is 227. The van der Waals surface area contributed by atoms with E-state index in [2.05, 4.69) is 17.5 Å². The van der Waals surface area contributed by atoms with E-state index in [0.717, 1.165) is 23.8 Å². The molecule has 0 saturated heterocycles. The standard InChI is InChI=1S/C13H21N/c1-2-4-13(3-1)14-9-12-8-10-5-6-11(12)7-10/h5-6,10-14H,1-4,7-9H2/t10-,11-,12-/m0/s1. The summed E-state index contributed by atoms with van der Waals surface area (Å²) in [7, 11) is 0. The largest absolute Gasteiger partial charge is 0.314 e. The van der Waals surface area contributed by atoms with Crippen molar-refractivity contribution in [1.82, 2.24) is 5.32 Å². The van der Waals surface area contributed by atoms with Crippen LogP contribution >= 0.6 is 0 Å². The summed E-state index contributed by atoms with van der Waals surface area (Å²) < 4.78 is 0. The lowest BCUT2D eigenvalue weighted by molar-refractivity contribution is 0.383. The van der Waals surface area contributed by atoms with Crippen molar-refractivity contribution in [3.8, 4) is 0 Å². The number of nitrogens with one attached hydrogen (secondary N) is 1. The van der Waals surface area contributed by atoms with Gasteiger partial charge in [-0.2, -0.15) is 0 Å². The molecule has 0 radical (unpaired) electrons. The van der Waals surface area contributed by atoms with Crippen LogP contribution in [0.1, 0.15) is 38.5 Å². The van der Waals surface area contributed by atoms with Gasteiger partial charge in [-0.3, -0.25) is 0 Å². The van der Waals surface area contributed by atoms with Crippen molar-refractivity contribution in [1.29, 1.82) is 0 Å². The highest BCUT2D eigenvalue weighted by Gasteiger charge is 2.35. The topological polar surface area (TPSA) is 12.0 Å². The lowest BCUT2D eigenvalue weighted by Gasteiger charge is -2.21. The molecule has 0 aliphatic heterocycles. The van der Waals surface area contributed by atoms with Crippen LogP contribution in [0, 0.1) is 17.8 Å². The van der Waals surface area contributed by atoms with Crippen molar-refractivity contribution in [2.24, 2.45) is 17.8 Å². The number of allylic oxidation sites excluding steroid dienone is 2. The molecular weight excluding hydrogens is 170 g/mol. The fourth-order valence-corrected chi connectivity index (χ4v) is 3.58. The molecule has 3 aliphatic carbocycles. The summed E-state index contributed by atoms with van der Waals surface area (Å²) >= 11 is 0. The molecule has 2 fully saturated rings. The highest BCUT2D eigenvalue weighted by molar-refractivity contribution is 5.10. The molecule has 0 amide bonds. The lowest BCUT2D eigenvalue weighted by atomic mass is 9.93. The Labute approximate surface area is 87.0 Å². The van der Waals surface area contributed by atoms with Crippen LogP contribution in [0.2, 0.25) is 0 Å². The van der Waals surface area contributed by atoms with E-state index in [9.17, 15) is 0 Å². The SMILES string of the molecule is C1=C[C@H]2C[C@H]1C[C@H]2CNC1CCCC1. The first-order valence-corrected chi connectivity index (χ1v) is 6.33. The average Bonchev–Trinajstić information content (AvgIpc) is 2.91. The Morgan fingerprint density at radius 3 is 2.57 bits per heavy atom. The van der Waals surface area contributed by atoms with Gasteiger partial charge < -0.3 is 5.32 Å². The highest BCUT2D eigenvalue weighted by Crippen LogP contribution is 2.43. The van der Waals surface area contributed by atoms with Gasteiger partial charge in [-0.05, 0) is 50.0 Å². The van der Waals surface area contributed by atoms with E-state index in [1.165, 1.54) is 45.1 Å². The normalized spacial score (nSPS) is 41.3. The van der Waals surface area contributed by atoms with Crippen molar-refractivity contribution < 1.29 is 0 Å². The molecule has 0 aromatic carbocycles. The molecule has 3 aliphatic rings. The third-order valence-electron chi connectivity index (χ3n) is 4.44. The number of rotatable bonds is 3. The van der Waals surface area contributed by atoms with Gasteiger partial charge >= 0.3 is 0 Å². The van der Waals surface area contributed by atoms with Gasteiger partial charge in [0.2, 0.25) is 0 Å². The van der Waals surface area contributed by atoms with Crippen molar-refractivity contribution in [2.45, 2.75) is 44.6 Å². The fraction of sp³-hybridized carbons (Fsp3) is 0.846. The van der Waals surface area contributed by atoms with Gasteiger partial charge in [-0.1, -0.05) is 25.0 Å². The van der Waals surface area contributed by atoms with E-state index in [-0.39, 0.29) is 0 Å². The van der Waals surface area contributed by atoms with Crippen LogP contribution in [0.25, 0.3) is 0 Å². The van der Waals surface area contributed by atoms with Crippen LogP contribution in [0.5, 0.6) is 0 Å². The molecule has 1 N–H and O–H groups in total. The Morgan fingerprint density at radius 1 is 1.07 bits per heavy atom. The third kappa shape index (κ3) is 1.63. The Balaban J connectivity index is 1.47. The first-order valence-electron chi connectivity index (χ1n) is 6.33. The second kappa shape index (κ2) is 3.69. The molecule has 0 aromatic heterocycles. The summed E-state index contributed by atoms with van der Waals surface area (Å²) in [6.45, 7) is 1.29. The Hall–Kier alpha value is -0.300. The van der Waals surface area contributed by atoms with Crippen molar-refractivity contribution in [3.63, 3.8) is 0 Å². The van der Waals surface area contributed by atoms with Gasteiger partial charge in [0.1, 0.15) is 0 Å². The van der Waals surface area contributed by atoms with E-state index in [0.29, 0.717) is 0 Å². The quantitative estimate of drug-likeness (QED) is 0.676. The van der Waals surface area contributed by atoms with E-state index in [1.54, 1.807) is 0 Å². The molecular formula is C13H21N. The number of hydrogen-bond donors (Lipinski definition) is 1. The Morgan fingerprint density at radius 2 is 1.93 bits per heavy atom. The zero-order valence-electron chi connectivity index (χ0n) is 8.91. The van der Waals surface area contributed by atoms with Gasteiger partial charge in [0.25, 0.3) is 0 Å². The molecule has 3 atom stereocenters. The summed E-state index contributed by atoms with van der Waals surface area (Å²) in [5, 5.41) is 3.77. The zero-order chi connectivity index (χ0) is 9.38. The van der Waals surface area contributed by atoms with Crippen LogP contribution < -0.4 is 5.32 Å². The summed E-state index contributed by atoms with van der Waals surface area (Å²) in [5.41, 5.74) is 0. The molecule has 0 spiro atoms. The van der Waals surface area contributed by atoms with Gasteiger partial charge in [-0.25, -0.2) is 0 Å². The molecule has 1 nitrogen and oxygen atoms in total. The van der Waals surface area contributed by atoms with Gasteiger partial charge in [0, 0.05) is 6.04 Å². The predicted molar refractivity (Wildman–Crippen MR) is 59.1 cm³/mol. The molecule has 0 aromatic rings. The zero-order valence-corrected chi connectivity index (χ0v) is 8.91. The number of hydrogen-bond acceptors (Lipinski definition) is 1. The molecule has 14 heavy (non-hydrogen) atoms. The van der Waals surface area contributed by atoms with E-state index in [4.69, 9.17) is 0 Å². The minimum absolute atomic E-state index is 0.859. The maximum Gasteiger partial charge on any atom is 0.00671 e. The highest BCUT2D eigenvalue weighted by atomic mass is 14.9. The minimum Gasteiger partial charge on any atom is -0.314 e. The minimum atomic E-state index is 0.859. The van der Waals surface area contributed by atoms with E-state index < -0.39 is 0 Å². The van der Waals surface area contributed by atoms with Crippen LogP contribution in [0.3, 0.4) is 0 Å². The molecule has 78 valence electrons. The molecule has 2 saturated carbocycles. The lowest BCUT2D eigenvalue weighted by Crippen LogP contribution is -2.32. The average molecular weight is 191 g/mol. The summed E-state index contributed by atoms with van der Waals surface area (Å²) in [6, 6.07) is 0.859. The molecule has 2 bridgehead atoms. The first-order chi connectivity index (χ1) is 6.92. The van der Waals surface area contributed by atoms with Crippen LogP contribution in [0.15, 0.2) is 12.2 Å². The first kappa shape index (κ1) is 8.96. The van der Waals surface area contributed by atoms with Crippen LogP contribution in [-0.2, 0) is 0 Å². The number of fused-ring (bicyclic) bond motifs is 2. The smallest absolute Gasteiger partial charge is 0.00671 e. The second-order valence-electron chi connectivity index (χ2n) is 5.43. The second-order valence-corrected chi connectivity index (χ2v) is 5.43. The maximum absolute atomic E-state index is 3.77. The molecule has 1 heteroatoms. The summed E-state index contributed by atoms with van der Waals surface area (Å²) in [5.74, 6) is 2.83. The molecule has 0 heterocycles.